The number of hydrogen-bond donors (Lipinski definition) is 3. The molecule has 1 aromatic carbocycles. The standard InChI is InChI=1S/C11H11N3O/c12-11(13)10-9(6-7-15-10)14-8-4-2-1-3-5-8/h1-7,14H,(H3,12,13). The molecule has 1 heterocycles. The van der Waals surface area contributed by atoms with E-state index < -0.39 is 0 Å². The Morgan fingerprint density at radius 1 is 1.20 bits per heavy atom. The van der Waals surface area contributed by atoms with E-state index in [-0.39, 0.29) is 5.84 Å². The molecule has 0 saturated heterocycles. The Labute approximate surface area is 87.2 Å². The van der Waals surface area contributed by atoms with Gasteiger partial charge in [0.25, 0.3) is 0 Å². The first-order chi connectivity index (χ1) is 7.27. The Morgan fingerprint density at radius 2 is 1.93 bits per heavy atom. The summed E-state index contributed by atoms with van der Waals surface area (Å²) in [6.45, 7) is 0. The fourth-order valence-electron chi connectivity index (χ4n) is 1.29. The molecule has 0 aliphatic rings. The number of nitrogen functional groups attached to an aromatic ring is 1. The maximum atomic E-state index is 7.30. The first kappa shape index (κ1) is 9.33. The molecule has 0 radical (unpaired) electrons. The van der Waals surface area contributed by atoms with Crippen LogP contribution in [0.1, 0.15) is 5.76 Å². The van der Waals surface area contributed by atoms with Gasteiger partial charge in [0.05, 0.1) is 12.0 Å². The molecule has 4 nitrogen and oxygen atoms in total. The summed E-state index contributed by atoms with van der Waals surface area (Å²) in [5.41, 5.74) is 7.00. The normalized spacial score (nSPS) is 9.87. The molecule has 0 amide bonds. The number of amidine groups is 1. The molecule has 0 aliphatic carbocycles. The summed E-state index contributed by atoms with van der Waals surface area (Å²) in [6.07, 6.45) is 1.50. The minimum Gasteiger partial charge on any atom is -0.459 e. The molecule has 2 rings (SSSR count). The number of para-hydroxylation sites is 1. The van der Waals surface area contributed by atoms with Crippen LogP contribution in [0.25, 0.3) is 0 Å². The Morgan fingerprint density at radius 3 is 2.60 bits per heavy atom. The molecule has 2 aromatic rings. The van der Waals surface area contributed by atoms with Gasteiger partial charge in [-0.25, -0.2) is 0 Å². The topological polar surface area (TPSA) is 75.0 Å². The van der Waals surface area contributed by atoms with Crippen LogP contribution in [0.3, 0.4) is 0 Å². The molecule has 0 aliphatic heterocycles. The second kappa shape index (κ2) is 3.88. The third-order valence-electron chi connectivity index (χ3n) is 1.96. The largest absolute Gasteiger partial charge is 0.459 e. The summed E-state index contributed by atoms with van der Waals surface area (Å²) in [5.74, 6) is 0.275. The second-order valence-corrected chi connectivity index (χ2v) is 3.07. The predicted molar refractivity (Wildman–Crippen MR) is 59.4 cm³/mol. The molecule has 0 saturated carbocycles. The van der Waals surface area contributed by atoms with Gasteiger partial charge in [0.2, 0.25) is 0 Å². The Bertz CT molecular complexity index is 462. The van der Waals surface area contributed by atoms with Gasteiger partial charge < -0.3 is 15.5 Å². The van der Waals surface area contributed by atoms with Crippen LogP contribution in [0, 0.1) is 5.41 Å². The number of hydrogen-bond acceptors (Lipinski definition) is 3. The predicted octanol–water partition coefficient (Wildman–Crippen LogP) is 2.31. The van der Waals surface area contributed by atoms with Crippen molar-refractivity contribution in [1.82, 2.24) is 0 Å². The lowest BCUT2D eigenvalue weighted by atomic mass is 10.3. The Balaban J connectivity index is 2.25. The molecule has 0 spiro atoms. The highest BCUT2D eigenvalue weighted by Crippen LogP contribution is 2.21. The van der Waals surface area contributed by atoms with Gasteiger partial charge in [0.1, 0.15) is 0 Å². The van der Waals surface area contributed by atoms with Crippen LogP contribution in [0.2, 0.25) is 0 Å². The van der Waals surface area contributed by atoms with Gasteiger partial charge in [0.15, 0.2) is 11.6 Å². The number of nitrogens with one attached hydrogen (secondary N) is 2. The quantitative estimate of drug-likeness (QED) is 0.527. The average Bonchev–Trinajstić information content (AvgIpc) is 2.67. The maximum Gasteiger partial charge on any atom is 0.191 e. The summed E-state index contributed by atoms with van der Waals surface area (Å²) >= 11 is 0. The fraction of sp³-hybridized carbons (Fsp3) is 0. The molecule has 0 atom stereocenters. The molecular weight excluding hydrogens is 190 g/mol. The van der Waals surface area contributed by atoms with Crippen LogP contribution in [-0.4, -0.2) is 5.84 Å². The summed E-state index contributed by atoms with van der Waals surface area (Å²) in [6, 6.07) is 11.4. The third kappa shape index (κ3) is 1.99. The van der Waals surface area contributed by atoms with E-state index in [9.17, 15) is 0 Å². The van der Waals surface area contributed by atoms with Crippen LogP contribution in [-0.2, 0) is 0 Å². The van der Waals surface area contributed by atoms with Crippen LogP contribution in [0.4, 0.5) is 11.4 Å². The smallest absolute Gasteiger partial charge is 0.191 e. The van der Waals surface area contributed by atoms with E-state index in [0.717, 1.165) is 5.69 Å². The SMILES string of the molecule is N=C(N)c1occc1Nc1ccccc1. The van der Waals surface area contributed by atoms with Gasteiger partial charge in [0, 0.05) is 11.8 Å². The van der Waals surface area contributed by atoms with Crippen molar-refractivity contribution in [3.05, 3.63) is 48.4 Å². The van der Waals surface area contributed by atoms with Crippen molar-refractivity contribution in [2.45, 2.75) is 0 Å². The molecule has 76 valence electrons. The minimum absolute atomic E-state index is 0.0848. The van der Waals surface area contributed by atoms with Crippen molar-refractivity contribution < 1.29 is 4.42 Å². The lowest BCUT2D eigenvalue weighted by Crippen LogP contribution is -2.11. The summed E-state index contributed by atoms with van der Waals surface area (Å²) < 4.78 is 5.09. The van der Waals surface area contributed by atoms with E-state index >= 15 is 0 Å². The van der Waals surface area contributed by atoms with Crippen LogP contribution >= 0.6 is 0 Å². The minimum atomic E-state index is -0.0848. The van der Waals surface area contributed by atoms with E-state index in [0.29, 0.717) is 11.4 Å². The van der Waals surface area contributed by atoms with Crippen LogP contribution in [0.5, 0.6) is 0 Å². The molecule has 0 fully saturated rings. The van der Waals surface area contributed by atoms with Crippen LogP contribution in [0.15, 0.2) is 47.1 Å². The van der Waals surface area contributed by atoms with Crippen molar-refractivity contribution in [2.75, 3.05) is 5.32 Å². The van der Waals surface area contributed by atoms with E-state index in [4.69, 9.17) is 15.6 Å². The van der Waals surface area contributed by atoms with Gasteiger partial charge in [-0.1, -0.05) is 18.2 Å². The molecule has 4 heteroatoms. The van der Waals surface area contributed by atoms with Crippen LogP contribution < -0.4 is 11.1 Å². The van der Waals surface area contributed by atoms with E-state index in [1.165, 1.54) is 6.26 Å². The molecule has 4 N–H and O–H groups in total. The van der Waals surface area contributed by atoms with Gasteiger partial charge in [-0.15, -0.1) is 0 Å². The average molecular weight is 201 g/mol. The number of anilines is 2. The maximum absolute atomic E-state index is 7.30. The van der Waals surface area contributed by atoms with Gasteiger partial charge in [-0.3, -0.25) is 5.41 Å². The fourth-order valence-corrected chi connectivity index (χ4v) is 1.29. The van der Waals surface area contributed by atoms with Crippen molar-refractivity contribution in [1.29, 1.82) is 5.41 Å². The van der Waals surface area contributed by atoms with Crippen molar-refractivity contribution in [3.63, 3.8) is 0 Å². The molecule has 0 bridgehead atoms. The lowest BCUT2D eigenvalue weighted by molar-refractivity contribution is 0.557. The first-order valence-electron chi connectivity index (χ1n) is 4.51. The van der Waals surface area contributed by atoms with Gasteiger partial charge in [-0.2, -0.15) is 0 Å². The molecule has 1 aromatic heterocycles. The lowest BCUT2D eigenvalue weighted by Gasteiger charge is -2.04. The summed E-state index contributed by atoms with van der Waals surface area (Å²) in [4.78, 5) is 0. The Hall–Kier alpha value is -2.23. The van der Waals surface area contributed by atoms with Crippen molar-refractivity contribution in [3.8, 4) is 0 Å². The van der Waals surface area contributed by atoms with Gasteiger partial charge in [-0.05, 0) is 12.1 Å². The Kier molecular flexibility index (Phi) is 2.41. The zero-order valence-corrected chi connectivity index (χ0v) is 8.03. The monoisotopic (exact) mass is 201 g/mol. The second-order valence-electron chi connectivity index (χ2n) is 3.07. The van der Waals surface area contributed by atoms with E-state index in [1.54, 1.807) is 6.07 Å². The summed E-state index contributed by atoms with van der Waals surface area (Å²) in [5, 5.41) is 10.4. The number of furan rings is 1. The third-order valence-corrected chi connectivity index (χ3v) is 1.96. The zero-order valence-electron chi connectivity index (χ0n) is 8.03. The number of rotatable bonds is 3. The molecule has 15 heavy (non-hydrogen) atoms. The highest BCUT2D eigenvalue weighted by Gasteiger charge is 2.08. The molecular formula is C11H11N3O. The highest BCUT2D eigenvalue weighted by molar-refractivity contribution is 5.98. The summed E-state index contributed by atoms with van der Waals surface area (Å²) in [7, 11) is 0. The van der Waals surface area contributed by atoms with Crippen molar-refractivity contribution >= 4 is 17.2 Å². The first-order valence-corrected chi connectivity index (χ1v) is 4.51. The zero-order chi connectivity index (χ0) is 10.7. The van der Waals surface area contributed by atoms with Crippen molar-refractivity contribution in [2.24, 2.45) is 5.73 Å². The highest BCUT2D eigenvalue weighted by atomic mass is 16.3. The molecule has 0 unspecified atom stereocenters. The van der Waals surface area contributed by atoms with E-state index in [2.05, 4.69) is 5.32 Å². The van der Waals surface area contributed by atoms with Gasteiger partial charge >= 0.3 is 0 Å². The number of benzene rings is 1. The van der Waals surface area contributed by atoms with E-state index in [1.807, 2.05) is 30.3 Å². The number of nitrogens with two attached hydrogens (primary N) is 1.